The number of carboxylic acid groups (broad SMARTS) is 1. The summed E-state index contributed by atoms with van der Waals surface area (Å²) in [7, 11) is 0. The summed E-state index contributed by atoms with van der Waals surface area (Å²) in [6.07, 6.45) is 0.506. The van der Waals surface area contributed by atoms with E-state index in [0.29, 0.717) is 34.3 Å². The lowest BCUT2D eigenvalue weighted by molar-refractivity contribution is -0.137. The summed E-state index contributed by atoms with van der Waals surface area (Å²) >= 11 is 0. The fourth-order valence-corrected chi connectivity index (χ4v) is 4.86. The Bertz CT molecular complexity index is 1550. The van der Waals surface area contributed by atoms with Gasteiger partial charge >= 0.3 is 12.1 Å². The van der Waals surface area contributed by atoms with Crippen molar-refractivity contribution in [2.45, 2.75) is 71.1 Å². The molecule has 1 saturated carbocycles. The van der Waals surface area contributed by atoms with E-state index in [1.807, 2.05) is 19.1 Å². The molecular weight excluding hydrogens is 521 g/mol. The number of hydrogen-bond acceptors (Lipinski definition) is 6. The number of alkyl halides is 3. The summed E-state index contributed by atoms with van der Waals surface area (Å²) in [6, 6.07) is 8.80. The molecule has 0 aliphatic heterocycles. The van der Waals surface area contributed by atoms with Crippen LogP contribution in [0.3, 0.4) is 0 Å². The molecule has 1 aliphatic rings. The molecule has 8 nitrogen and oxygen atoms in total. The highest BCUT2D eigenvalue weighted by Crippen LogP contribution is 2.35. The van der Waals surface area contributed by atoms with E-state index < -0.39 is 23.5 Å². The summed E-state index contributed by atoms with van der Waals surface area (Å²) in [5.41, 5.74) is 1.86. The Morgan fingerprint density at radius 1 is 1.07 bits per heavy atom. The molecule has 4 aromatic rings. The molecule has 1 aromatic carbocycles. The number of aromatic carboxylic acids is 1. The van der Waals surface area contributed by atoms with E-state index in [-0.39, 0.29) is 23.6 Å². The Morgan fingerprint density at radius 2 is 1.77 bits per heavy atom. The SMILES string of the molecule is C[C@@H](Nc1nc(C(=O)O)nc2nc(-c3cc(C(C)(C)C)ccn3)n(Cc3ccc(C(F)(F)F)cc3)c12)C1CCC1. The van der Waals surface area contributed by atoms with Gasteiger partial charge in [0.05, 0.1) is 5.56 Å². The molecule has 0 radical (unpaired) electrons. The Labute approximate surface area is 229 Å². The molecule has 3 heterocycles. The van der Waals surface area contributed by atoms with Crippen LogP contribution in [-0.4, -0.2) is 41.6 Å². The van der Waals surface area contributed by atoms with Gasteiger partial charge in [0.1, 0.15) is 11.2 Å². The number of hydrogen-bond donors (Lipinski definition) is 2. The fourth-order valence-electron chi connectivity index (χ4n) is 4.86. The third-order valence-electron chi connectivity index (χ3n) is 7.49. The Morgan fingerprint density at radius 3 is 2.35 bits per heavy atom. The van der Waals surface area contributed by atoms with Crippen LogP contribution in [0.15, 0.2) is 42.6 Å². The predicted molar refractivity (Wildman–Crippen MR) is 145 cm³/mol. The van der Waals surface area contributed by atoms with Crippen LogP contribution in [0.4, 0.5) is 19.0 Å². The number of carboxylic acids is 1. The average molecular weight is 553 g/mol. The van der Waals surface area contributed by atoms with Gasteiger partial charge in [-0.3, -0.25) is 4.98 Å². The summed E-state index contributed by atoms with van der Waals surface area (Å²) in [5, 5.41) is 13.1. The van der Waals surface area contributed by atoms with Crippen molar-refractivity contribution in [1.29, 1.82) is 0 Å². The number of benzene rings is 1. The van der Waals surface area contributed by atoms with Gasteiger partial charge in [-0.05, 0) is 66.5 Å². The van der Waals surface area contributed by atoms with E-state index in [2.05, 4.69) is 41.0 Å². The standard InChI is InChI=1S/C29H31F3N6O2/c1-16(18-6-5-7-18)34-23-22-24(36-25(35-23)27(39)40)37-26(21-14-20(12-13-33-21)28(2,3)4)38(22)15-17-8-10-19(11-9-17)29(30,31)32/h8-14,16,18H,5-7,15H2,1-4H3,(H,39,40)(H,34,35,36)/t16-/m1/s1. The number of anilines is 1. The Hall–Kier alpha value is -4.02. The van der Waals surface area contributed by atoms with Crippen LogP contribution in [-0.2, 0) is 18.1 Å². The molecule has 0 bridgehead atoms. The fraction of sp³-hybridized carbons (Fsp3) is 0.414. The molecule has 2 N–H and O–H groups in total. The Kier molecular flexibility index (Phi) is 7.01. The molecule has 0 spiro atoms. The number of nitrogens with one attached hydrogen (secondary N) is 1. The van der Waals surface area contributed by atoms with Gasteiger partial charge in [-0.2, -0.15) is 13.2 Å². The minimum atomic E-state index is -4.45. The van der Waals surface area contributed by atoms with Crippen LogP contribution in [0.25, 0.3) is 22.7 Å². The van der Waals surface area contributed by atoms with Crippen LogP contribution in [0.5, 0.6) is 0 Å². The van der Waals surface area contributed by atoms with Crippen molar-refractivity contribution in [2.24, 2.45) is 5.92 Å². The van der Waals surface area contributed by atoms with Gasteiger partial charge in [-0.1, -0.05) is 39.3 Å². The number of rotatable bonds is 7. The smallest absolute Gasteiger partial charge is 0.416 e. The maximum absolute atomic E-state index is 13.2. The first-order chi connectivity index (χ1) is 18.8. The topological polar surface area (TPSA) is 106 Å². The highest BCUT2D eigenvalue weighted by molar-refractivity contribution is 5.92. The zero-order valence-corrected chi connectivity index (χ0v) is 22.8. The second-order valence-corrected chi connectivity index (χ2v) is 11.4. The van der Waals surface area contributed by atoms with Crippen LogP contribution >= 0.6 is 0 Å². The third kappa shape index (κ3) is 5.50. The maximum Gasteiger partial charge on any atom is 0.416 e. The summed E-state index contributed by atoms with van der Waals surface area (Å²) in [5.74, 6) is -0.517. The van der Waals surface area contributed by atoms with E-state index in [1.54, 1.807) is 10.8 Å². The molecule has 5 rings (SSSR count). The number of pyridine rings is 1. The van der Waals surface area contributed by atoms with Crippen molar-refractivity contribution in [3.63, 3.8) is 0 Å². The molecule has 1 aliphatic carbocycles. The van der Waals surface area contributed by atoms with Crippen LogP contribution in [0.2, 0.25) is 0 Å². The molecule has 0 amide bonds. The lowest BCUT2D eigenvalue weighted by atomic mass is 9.80. The Balaban J connectivity index is 1.70. The molecular formula is C29H31F3N6O2. The van der Waals surface area contributed by atoms with E-state index in [9.17, 15) is 23.1 Å². The first-order valence-corrected chi connectivity index (χ1v) is 13.2. The molecule has 40 heavy (non-hydrogen) atoms. The number of fused-ring (bicyclic) bond motifs is 1. The molecule has 1 atom stereocenters. The van der Waals surface area contributed by atoms with Crippen LogP contribution < -0.4 is 5.32 Å². The van der Waals surface area contributed by atoms with Gasteiger partial charge in [0, 0.05) is 18.8 Å². The highest BCUT2D eigenvalue weighted by Gasteiger charge is 2.31. The van der Waals surface area contributed by atoms with Crippen molar-refractivity contribution < 1.29 is 23.1 Å². The molecule has 1 fully saturated rings. The molecule has 210 valence electrons. The number of halogens is 3. The summed E-state index contributed by atoms with van der Waals surface area (Å²) in [4.78, 5) is 29.7. The minimum Gasteiger partial charge on any atom is -0.475 e. The van der Waals surface area contributed by atoms with Gasteiger partial charge < -0.3 is 15.0 Å². The van der Waals surface area contributed by atoms with Gasteiger partial charge in [0.15, 0.2) is 17.3 Å². The molecule has 0 unspecified atom stereocenters. The van der Waals surface area contributed by atoms with E-state index >= 15 is 0 Å². The van der Waals surface area contributed by atoms with Gasteiger partial charge in [-0.15, -0.1) is 0 Å². The number of aromatic nitrogens is 5. The predicted octanol–water partition coefficient (Wildman–Crippen LogP) is 6.55. The third-order valence-corrected chi connectivity index (χ3v) is 7.49. The highest BCUT2D eigenvalue weighted by atomic mass is 19.4. The maximum atomic E-state index is 13.2. The largest absolute Gasteiger partial charge is 0.475 e. The number of imidazole rings is 1. The summed E-state index contributed by atoms with van der Waals surface area (Å²) in [6.45, 7) is 8.40. The molecule has 3 aromatic heterocycles. The van der Waals surface area contributed by atoms with E-state index in [4.69, 9.17) is 4.98 Å². The van der Waals surface area contributed by atoms with Gasteiger partial charge in [0.25, 0.3) is 0 Å². The zero-order valence-electron chi connectivity index (χ0n) is 22.8. The van der Waals surface area contributed by atoms with Crippen molar-refractivity contribution >= 4 is 23.0 Å². The quantitative estimate of drug-likeness (QED) is 0.268. The monoisotopic (exact) mass is 552 g/mol. The van der Waals surface area contributed by atoms with Crippen LogP contribution in [0.1, 0.15) is 74.3 Å². The first-order valence-electron chi connectivity index (χ1n) is 13.2. The van der Waals surface area contributed by atoms with Gasteiger partial charge in [0.2, 0.25) is 5.82 Å². The minimum absolute atomic E-state index is 0.0220. The lowest BCUT2D eigenvalue weighted by Gasteiger charge is -2.32. The average Bonchev–Trinajstić information content (AvgIpc) is 3.20. The van der Waals surface area contributed by atoms with Crippen molar-refractivity contribution in [3.05, 3.63) is 65.1 Å². The first kappa shape index (κ1) is 27.5. The number of carbonyl (C=O) groups is 1. The molecule has 11 heteroatoms. The van der Waals surface area contributed by atoms with E-state index in [1.165, 1.54) is 12.1 Å². The number of nitrogens with zero attached hydrogens (tertiary/aromatic N) is 5. The van der Waals surface area contributed by atoms with E-state index in [0.717, 1.165) is 37.0 Å². The van der Waals surface area contributed by atoms with Crippen molar-refractivity contribution in [2.75, 3.05) is 5.32 Å². The van der Waals surface area contributed by atoms with Crippen LogP contribution in [0, 0.1) is 5.92 Å². The normalized spacial score (nSPS) is 15.2. The van der Waals surface area contributed by atoms with Gasteiger partial charge in [-0.25, -0.2) is 19.7 Å². The van der Waals surface area contributed by atoms with Crippen molar-refractivity contribution in [3.8, 4) is 11.5 Å². The van der Waals surface area contributed by atoms with Crippen molar-refractivity contribution in [1.82, 2.24) is 24.5 Å². The lowest BCUT2D eigenvalue weighted by Crippen LogP contribution is -2.31. The zero-order chi connectivity index (χ0) is 28.8. The second-order valence-electron chi connectivity index (χ2n) is 11.4. The second kappa shape index (κ2) is 10.2. The molecule has 0 saturated heterocycles. The summed E-state index contributed by atoms with van der Waals surface area (Å²) < 4.78 is 41.4.